The van der Waals surface area contributed by atoms with Crippen LogP contribution in [0.4, 0.5) is 5.69 Å². The van der Waals surface area contributed by atoms with E-state index in [-0.39, 0.29) is 18.1 Å². The second-order valence-electron chi connectivity index (χ2n) is 6.57. The minimum absolute atomic E-state index is 0.0387. The molecular formula is C23H17NO4. The van der Waals surface area contributed by atoms with Crippen molar-refractivity contribution < 1.29 is 14.5 Å². The lowest BCUT2D eigenvalue weighted by Crippen LogP contribution is -2.09. The second kappa shape index (κ2) is 7.48. The molecule has 0 heterocycles. The van der Waals surface area contributed by atoms with Gasteiger partial charge in [0.15, 0.2) is 0 Å². The topological polar surface area (TPSA) is 69.4 Å². The number of esters is 1. The zero-order chi connectivity index (χ0) is 19.5. The number of nitro benzene ring substituents is 1. The third kappa shape index (κ3) is 3.69. The number of non-ortho nitro benzene ring substituents is 1. The summed E-state index contributed by atoms with van der Waals surface area (Å²) in [7, 11) is 0. The highest BCUT2D eigenvalue weighted by Gasteiger charge is 2.09. The first-order valence-electron chi connectivity index (χ1n) is 8.96. The fraction of sp³-hybridized carbons (Fsp3) is 0.0870. The number of hydrogen-bond acceptors (Lipinski definition) is 4. The smallest absolute Gasteiger partial charge is 0.311 e. The first kappa shape index (κ1) is 17.7. The molecule has 5 heteroatoms. The zero-order valence-electron chi connectivity index (χ0n) is 15.0. The molecule has 28 heavy (non-hydrogen) atoms. The lowest BCUT2D eigenvalue weighted by Gasteiger charge is -2.07. The van der Waals surface area contributed by atoms with Gasteiger partial charge in [-0.25, -0.2) is 0 Å². The van der Waals surface area contributed by atoms with Gasteiger partial charge in [-0.05, 0) is 45.7 Å². The number of rotatable bonds is 5. The highest BCUT2D eigenvalue weighted by Crippen LogP contribution is 2.26. The van der Waals surface area contributed by atoms with Gasteiger partial charge in [-0.1, -0.05) is 54.6 Å². The molecule has 0 fully saturated rings. The maximum absolute atomic E-state index is 12.1. The third-order valence-corrected chi connectivity index (χ3v) is 4.71. The lowest BCUT2D eigenvalue weighted by atomic mass is 9.98. The van der Waals surface area contributed by atoms with Gasteiger partial charge in [0.05, 0.1) is 4.92 Å². The van der Waals surface area contributed by atoms with Crippen LogP contribution in [0.25, 0.3) is 21.5 Å². The van der Waals surface area contributed by atoms with Crippen LogP contribution in [-0.4, -0.2) is 10.9 Å². The predicted octanol–water partition coefficient (Wildman–Crippen LogP) is 5.44. The van der Waals surface area contributed by atoms with Crippen molar-refractivity contribution in [3.63, 3.8) is 0 Å². The van der Waals surface area contributed by atoms with Crippen LogP contribution in [0.15, 0.2) is 78.9 Å². The largest absolute Gasteiger partial charge is 0.427 e. The molecule has 5 nitrogen and oxygen atoms in total. The molecule has 0 bridgehead atoms. The number of fused-ring (bicyclic) bond motifs is 3. The van der Waals surface area contributed by atoms with Crippen molar-refractivity contribution in [3.8, 4) is 5.75 Å². The maximum atomic E-state index is 12.1. The van der Waals surface area contributed by atoms with Gasteiger partial charge in [-0.15, -0.1) is 0 Å². The molecule has 0 N–H and O–H groups in total. The Morgan fingerprint density at radius 1 is 0.857 bits per heavy atom. The first-order chi connectivity index (χ1) is 13.6. The van der Waals surface area contributed by atoms with E-state index < -0.39 is 4.92 Å². The van der Waals surface area contributed by atoms with Gasteiger partial charge in [-0.2, -0.15) is 0 Å². The quantitative estimate of drug-likeness (QED) is 0.154. The number of hydrogen-bond donors (Lipinski definition) is 0. The Hall–Kier alpha value is -3.73. The maximum Gasteiger partial charge on any atom is 0.311 e. The van der Waals surface area contributed by atoms with E-state index >= 15 is 0 Å². The summed E-state index contributed by atoms with van der Waals surface area (Å²) in [5, 5.41) is 15.4. The summed E-state index contributed by atoms with van der Waals surface area (Å²) in [6.45, 7) is 0. The molecule has 0 unspecified atom stereocenters. The standard InChI is InChI=1S/C23H17NO4/c25-23(28-20-12-10-19(11-13-20)24(26)27)14-6-16-5-7-18-9-8-17-3-1-2-4-21(17)22(18)15-16/h1-5,7-13,15H,6,14H2. The van der Waals surface area contributed by atoms with Crippen LogP contribution >= 0.6 is 0 Å². The van der Waals surface area contributed by atoms with E-state index in [0.29, 0.717) is 12.2 Å². The van der Waals surface area contributed by atoms with Crippen molar-refractivity contribution in [2.75, 3.05) is 0 Å². The van der Waals surface area contributed by atoms with Crippen LogP contribution in [0, 0.1) is 10.1 Å². The average Bonchev–Trinajstić information content (AvgIpc) is 2.72. The predicted molar refractivity (Wildman–Crippen MR) is 109 cm³/mol. The molecule has 0 aliphatic carbocycles. The molecule has 0 aliphatic rings. The SMILES string of the molecule is O=C(CCc1ccc2ccc3ccccc3c2c1)Oc1ccc([N+](=O)[O-])cc1. The average molecular weight is 371 g/mol. The lowest BCUT2D eigenvalue weighted by molar-refractivity contribution is -0.384. The van der Waals surface area contributed by atoms with Crippen molar-refractivity contribution in [1.29, 1.82) is 0 Å². The third-order valence-electron chi connectivity index (χ3n) is 4.71. The number of benzene rings is 4. The molecule has 4 aromatic carbocycles. The van der Waals surface area contributed by atoms with E-state index in [4.69, 9.17) is 4.74 Å². The molecule has 0 spiro atoms. The fourth-order valence-electron chi connectivity index (χ4n) is 3.27. The molecule has 0 saturated heterocycles. The van der Waals surface area contributed by atoms with E-state index in [1.807, 2.05) is 18.2 Å². The Bertz CT molecular complexity index is 1180. The zero-order valence-corrected chi connectivity index (χ0v) is 15.0. The molecule has 0 aliphatic heterocycles. The Morgan fingerprint density at radius 2 is 1.54 bits per heavy atom. The van der Waals surface area contributed by atoms with Gasteiger partial charge in [0.1, 0.15) is 5.75 Å². The van der Waals surface area contributed by atoms with Gasteiger partial charge < -0.3 is 4.74 Å². The highest BCUT2D eigenvalue weighted by molar-refractivity contribution is 6.07. The van der Waals surface area contributed by atoms with Crippen LogP contribution in [-0.2, 0) is 11.2 Å². The highest BCUT2D eigenvalue weighted by atomic mass is 16.6. The van der Waals surface area contributed by atoms with Crippen LogP contribution in [0.1, 0.15) is 12.0 Å². The van der Waals surface area contributed by atoms with Gasteiger partial charge >= 0.3 is 5.97 Å². The summed E-state index contributed by atoms with van der Waals surface area (Å²) >= 11 is 0. The summed E-state index contributed by atoms with van der Waals surface area (Å²) in [6.07, 6.45) is 0.790. The van der Waals surface area contributed by atoms with E-state index in [1.165, 1.54) is 40.4 Å². The summed E-state index contributed by atoms with van der Waals surface area (Å²) in [5.74, 6) is -0.0630. The van der Waals surface area contributed by atoms with Crippen molar-refractivity contribution in [1.82, 2.24) is 0 Å². The number of aryl methyl sites for hydroxylation is 1. The number of nitro groups is 1. The normalized spacial score (nSPS) is 10.9. The van der Waals surface area contributed by atoms with Gasteiger partial charge in [0.25, 0.3) is 5.69 Å². The summed E-state index contributed by atoms with van der Waals surface area (Å²) in [6, 6.07) is 24.1. The number of nitrogens with zero attached hydrogens (tertiary/aromatic N) is 1. The van der Waals surface area contributed by atoms with Crippen molar-refractivity contribution in [2.24, 2.45) is 0 Å². The van der Waals surface area contributed by atoms with Gasteiger partial charge in [0, 0.05) is 18.6 Å². The fourth-order valence-corrected chi connectivity index (χ4v) is 3.27. The Morgan fingerprint density at radius 3 is 2.29 bits per heavy atom. The van der Waals surface area contributed by atoms with Crippen LogP contribution in [0.3, 0.4) is 0 Å². The Kier molecular flexibility index (Phi) is 4.72. The molecule has 0 saturated carbocycles. The second-order valence-corrected chi connectivity index (χ2v) is 6.57. The molecule has 0 radical (unpaired) electrons. The minimum Gasteiger partial charge on any atom is -0.427 e. The Balaban J connectivity index is 1.46. The molecular weight excluding hydrogens is 354 g/mol. The monoisotopic (exact) mass is 371 g/mol. The summed E-state index contributed by atoms with van der Waals surface area (Å²) < 4.78 is 5.27. The van der Waals surface area contributed by atoms with Gasteiger partial charge in [-0.3, -0.25) is 14.9 Å². The molecule has 0 amide bonds. The number of carbonyl (C=O) groups is 1. The summed E-state index contributed by atoms with van der Waals surface area (Å²) in [5.41, 5.74) is 1.02. The van der Waals surface area contributed by atoms with Crippen LogP contribution in [0.5, 0.6) is 5.75 Å². The van der Waals surface area contributed by atoms with E-state index in [0.717, 1.165) is 10.9 Å². The molecule has 0 aromatic heterocycles. The van der Waals surface area contributed by atoms with Crippen LogP contribution in [0.2, 0.25) is 0 Å². The van der Waals surface area contributed by atoms with Crippen molar-refractivity contribution in [2.45, 2.75) is 12.8 Å². The van der Waals surface area contributed by atoms with E-state index in [2.05, 4.69) is 36.4 Å². The Labute approximate surface area is 161 Å². The minimum atomic E-state index is -0.491. The van der Waals surface area contributed by atoms with E-state index in [9.17, 15) is 14.9 Å². The van der Waals surface area contributed by atoms with Crippen molar-refractivity contribution in [3.05, 3.63) is 94.5 Å². The number of carbonyl (C=O) groups excluding carboxylic acids is 1. The van der Waals surface area contributed by atoms with E-state index in [1.54, 1.807) is 0 Å². The number of ether oxygens (including phenoxy) is 1. The summed E-state index contributed by atoms with van der Waals surface area (Å²) in [4.78, 5) is 22.3. The molecule has 4 aromatic rings. The molecule has 4 rings (SSSR count). The first-order valence-corrected chi connectivity index (χ1v) is 8.96. The molecule has 138 valence electrons. The molecule has 0 atom stereocenters. The van der Waals surface area contributed by atoms with Crippen molar-refractivity contribution >= 4 is 33.2 Å². The van der Waals surface area contributed by atoms with Crippen LogP contribution < -0.4 is 4.74 Å². The van der Waals surface area contributed by atoms with Gasteiger partial charge in [0.2, 0.25) is 0 Å².